The molecule has 5 rings (SSSR count). The second-order valence-corrected chi connectivity index (χ2v) is 8.16. The summed E-state index contributed by atoms with van der Waals surface area (Å²) in [7, 11) is 0. The van der Waals surface area contributed by atoms with Crippen LogP contribution in [0.2, 0.25) is 5.02 Å². The first-order valence-electron chi connectivity index (χ1n) is 9.92. The minimum atomic E-state index is -0.575. The predicted octanol–water partition coefficient (Wildman–Crippen LogP) is 4.17. The number of aryl methyl sites for hydroxylation is 1. The number of hydrogen-bond acceptors (Lipinski definition) is 7. The van der Waals surface area contributed by atoms with E-state index in [-0.39, 0.29) is 23.7 Å². The number of benzene rings is 2. The van der Waals surface area contributed by atoms with Crippen LogP contribution in [-0.4, -0.2) is 17.6 Å². The van der Waals surface area contributed by atoms with Crippen molar-refractivity contribution < 1.29 is 9.53 Å². The van der Waals surface area contributed by atoms with Crippen LogP contribution in [0.5, 0.6) is 0 Å². The van der Waals surface area contributed by atoms with Crippen LogP contribution in [0.25, 0.3) is 0 Å². The SMILES string of the molecule is Cc1ccc(N2C3=C(C(=O)OC3)C(c3ccc(Cl)cc3)c3c2nc(N)c(C#N)c3N)cc1. The number of rotatable bonds is 2. The van der Waals surface area contributed by atoms with E-state index in [4.69, 9.17) is 27.8 Å². The molecule has 158 valence electrons. The van der Waals surface area contributed by atoms with Crippen molar-refractivity contribution in [3.05, 3.63) is 87.1 Å². The fourth-order valence-electron chi connectivity index (χ4n) is 4.31. The van der Waals surface area contributed by atoms with Crippen LogP contribution in [0, 0.1) is 18.3 Å². The largest absolute Gasteiger partial charge is 0.456 e. The molecular formula is C24H18ClN5O2. The number of fused-ring (bicyclic) bond motifs is 1. The van der Waals surface area contributed by atoms with Crippen LogP contribution in [-0.2, 0) is 9.53 Å². The second kappa shape index (κ2) is 7.29. The topological polar surface area (TPSA) is 118 Å². The van der Waals surface area contributed by atoms with Gasteiger partial charge in [-0.2, -0.15) is 5.26 Å². The molecule has 1 unspecified atom stereocenters. The van der Waals surface area contributed by atoms with Crippen molar-refractivity contribution in [1.82, 2.24) is 4.98 Å². The summed E-state index contributed by atoms with van der Waals surface area (Å²) in [5.74, 6) is -0.503. The van der Waals surface area contributed by atoms with Crippen molar-refractivity contribution in [3.63, 3.8) is 0 Å². The smallest absolute Gasteiger partial charge is 0.337 e. The zero-order valence-electron chi connectivity index (χ0n) is 17.1. The summed E-state index contributed by atoms with van der Waals surface area (Å²) in [4.78, 5) is 19.4. The Balaban J connectivity index is 1.86. The number of nitriles is 1. The molecule has 0 spiro atoms. The molecule has 3 aromatic rings. The molecule has 3 heterocycles. The number of nitrogen functional groups attached to an aromatic ring is 2. The molecule has 7 nitrogen and oxygen atoms in total. The Morgan fingerprint density at radius 2 is 1.84 bits per heavy atom. The van der Waals surface area contributed by atoms with Crippen LogP contribution in [0.1, 0.15) is 28.2 Å². The lowest BCUT2D eigenvalue weighted by molar-refractivity contribution is -0.136. The molecule has 2 aliphatic rings. The van der Waals surface area contributed by atoms with Crippen molar-refractivity contribution in [2.45, 2.75) is 12.8 Å². The lowest BCUT2D eigenvalue weighted by Crippen LogP contribution is -2.30. The minimum Gasteiger partial charge on any atom is -0.456 e. The zero-order chi connectivity index (χ0) is 22.6. The quantitative estimate of drug-likeness (QED) is 0.570. The van der Waals surface area contributed by atoms with E-state index < -0.39 is 11.9 Å². The van der Waals surface area contributed by atoms with E-state index in [1.165, 1.54) is 0 Å². The molecule has 0 bridgehead atoms. The first-order chi connectivity index (χ1) is 15.4. The Hall–Kier alpha value is -4.02. The summed E-state index contributed by atoms with van der Waals surface area (Å²) in [6.45, 7) is 2.08. The van der Waals surface area contributed by atoms with E-state index in [1.807, 2.05) is 54.3 Å². The number of nitrogens with zero attached hydrogens (tertiary/aromatic N) is 3. The van der Waals surface area contributed by atoms with Crippen LogP contribution in [0.4, 0.5) is 23.0 Å². The molecule has 32 heavy (non-hydrogen) atoms. The van der Waals surface area contributed by atoms with Gasteiger partial charge >= 0.3 is 5.97 Å². The second-order valence-electron chi connectivity index (χ2n) is 7.73. The molecule has 4 N–H and O–H groups in total. The van der Waals surface area contributed by atoms with Crippen molar-refractivity contribution in [3.8, 4) is 6.07 Å². The minimum absolute atomic E-state index is 0.0324. The molecule has 8 heteroatoms. The van der Waals surface area contributed by atoms with Crippen LogP contribution < -0.4 is 16.4 Å². The lowest BCUT2D eigenvalue weighted by atomic mass is 9.80. The molecule has 0 saturated heterocycles. The summed E-state index contributed by atoms with van der Waals surface area (Å²) in [6.07, 6.45) is 0. The number of cyclic esters (lactones) is 1. The Bertz CT molecular complexity index is 1340. The van der Waals surface area contributed by atoms with Gasteiger partial charge in [0.15, 0.2) is 0 Å². The molecule has 0 saturated carbocycles. The number of hydrogen-bond donors (Lipinski definition) is 2. The Labute approximate surface area is 189 Å². The Morgan fingerprint density at radius 3 is 2.50 bits per heavy atom. The zero-order valence-corrected chi connectivity index (χ0v) is 17.8. The normalized spacial score (nSPS) is 17.0. The van der Waals surface area contributed by atoms with Crippen LogP contribution in [0.3, 0.4) is 0 Å². The maximum Gasteiger partial charge on any atom is 0.337 e. The van der Waals surface area contributed by atoms with Gasteiger partial charge < -0.3 is 16.2 Å². The molecule has 1 atom stereocenters. The van der Waals surface area contributed by atoms with Gasteiger partial charge in [-0.05, 0) is 36.8 Å². The highest BCUT2D eigenvalue weighted by molar-refractivity contribution is 6.30. The summed E-state index contributed by atoms with van der Waals surface area (Å²) in [6, 6.07) is 17.0. The lowest BCUT2D eigenvalue weighted by Gasteiger charge is -2.36. The maximum absolute atomic E-state index is 12.9. The van der Waals surface area contributed by atoms with E-state index in [0.29, 0.717) is 27.7 Å². The van der Waals surface area contributed by atoms with Crippen LogP contribution >= 0.6 is 11.6 Å². The molecule has 1 aromatic heterocycles. The average Bonchev–Trinajstić information content (AvgIpc) is 3.15. The number of halogens is 1. The number of carbonyl (C=O) groups is 1. The van der Waals surface area contributed by atoms with E-state index in [1.54, 1.807) is 12.1 Å². The first-order valence-corrected chi connectivity index (χ1v) is 10.3. The number of aromatic nitrogens is 1. The molecular weight excluding hydrogens is 426 g/mol. The monoisotopic (exact) mass is 443 g/mol. The van der Waals surface area contributed by atoms with Gasteiger partial charge in [-0.1, -0.05) is 41.4 Å². The van der Waals surface area contributed by atoms with E-state index in [2.05, 4.69) is 4.98 Å². The highest BCUT2D eigenvalue weighted by Gasteiger charge is 2.45. The first kappa shape index (κ1) is 19.9. The summed E-state index contributed by atoms with van der Waals surface area (Å²) < 4.78 is 5.46. The van der Waals surface area contributed by atoms with Gasteiger partial charge in [0.25, 0.3) is 0 Å². The molecule has 0 radical (unpaired) electrons. The van der Waals surface area contributed by atoms with Gasteiger partial charge in [-0.25, -0.2) is 9.78 Å². The number of nitrogens with two attached hydrogens (primary N) is 2. The number of anilines is 4. The van der Waals surface area contributed by atoms with Crippen LogP contribution in [0.15, 0.2) is 59.8 Å². The number of pyridine rings is 1. The van der Waals surface area contributed by atoms with E-state index >= 15 is 0 Å². The van der Waals surface area contributed by atoms with Gasteiger partial charge in [0.1, 0.15) is 29.9 Å². The number of carbonyl (C=O) groups excluding carboxylic acids is 1. The van der Waals surface area contributed by atoms with Gasteiger partial charge in [0, 0.05) is 22.2 Å². The van der Waals surface area contributed by atoms with Gasteiger partial charge in [-0.15, -0.1) is 0 Å². The fourth-order valence-corrected chi connectivity index (χ4v) is 4.43. The molecule has 0 amide bonds. The average molecular weight is 444 g/mol. The number of ether oxygens (including phenoxy) is 1. The molecule has 2 aliphatic heterocycles. The fraction of sp³-hybridized carbons (Fsp3) is 0.125. The molecule has 0 aliphatic carbocycles. The van der Waals surface area contributed by atoms with Crippen molar-refractivity contribution in [2.75, 3.05) is 23.0 Å². The van der Waals surface area contributed by atoms with Gasteiger partial charge in [0.05, 0.1) is 17.0 Å². The van der Waals surface area contributed by atoms with Gasteiger partial charge in [0.2, 0.25) is 0 Å². The summed E-state index contributed by atoms with van der Waals surface area (Å²) in [5, 5.41) is 10.2. The predicted molar refractivity (Wildman–Crippen MR) is 122 cm³/mol. The Kier molecular flexibility index (Phi) is 4.54. The maximum atomic E-state index is 12.9. The highest BCUT2D eigenvalue weighted by Crippen LogP contribution is 2.52. The van der Waals surface area contributed by atoms with Crippen molar-refractivity contribution in [1.29, 1.82) is 5.26 Å². The van der Waals surface area contributed by atoms with Crippen molar-refractivity contribution >= 4 is 40.6 Å². The standard InChI is InChI=1S/C24H18ClN5O2/c1-12-2-8-15(9-3-12)30-17-11-32-24(31)19(17)18(13-4-6-14(25)7-5-13)20-21(27)16(10-26)22(28)29-23(20)30/h2-9,18H,11H2,1H3,(H4,27,28,29). The van der Waals surface area contributed by atoms with Gasteiger partial charge in [-0.3, -0.25) is 4.90 Å². The van der Waals surface area contributed by atoms with E-state index in [9.17, 15) is 10.1 Å². The van der Waals surface area contributed by atoms with Crippen molar-refractivity contribution in [2.24, 2.45) is 0 Å². The van der Waals surface area contributed by atoms with E-state index in [0.717, 1.165) is 16.8 Å². The summed E-state index contributed by atoms with van der Waals surface area (Å²) in [5.41, 5.74) is 17.2. The highest BCUT2D eigenvalue weighted by atomic mass is 35.5. The Morgan fingerprint density at radius 1 is 1.16 bits per heavy atom. The molecule has 0 fully saturated rings. The number of esters is 1. The third-order valence-electron chi connectivity index (χ3n) is 5.82. The summed E-state index contributed by atoms with van der Waals surface area (Å²) >= 11 is 6.10. The third-order valence-corrected chi connectivity index (χ3v) is 6.07. The third kappa shape index (κ3) is 2.88. The molecule has 2 aromatic carbocycles.